The summed E-state index contributed by atoms with van der Waals surface area (Å²) in [4.78, 5) is 4.50. The van der Waals surface area contributed by atoms with Crippen LogP contribution in [0.15, 0.2) is 442 Å². The summed E-state index contributed by atoms with van der Waals surface area (Å²) in [6, 6.07) is 140. The average molecular weight is 1870 g/mol. The molecule has 5 heterocycles. The van der Waals surface area contributed by atoms with Crippen LogP contribution in [0.4, 0.5) is 0 Å². The summed E-state index contributed by atoms with van der Waals surface area (Å²) in [7, 11) is 0. The smallest absolute Gasteiger partial charge is 0.143 e. The van der Waals surface area contributed by atoms with Gasteiger partial charge in [-0.2, -0.15) is 0 Å². The van der Waals surface area contributed by atoms with Crippen molar-refractivity contribution in [2.24, 2.45) is 0 Å². The Morgan fingerprint density at radius 3 is 1.09 bits per heavy atom. The van der Waals surface area contributed by atoms with Crippen molar-refractivity contribution >= 4 is 259 Å². The Labute approximate surface area is 755 Å². The van der Waals surface area contributed by atoms with Crippen molar-refractivity contribution in [2.45, 2.75) is 0 Å². The van der Waals surface area contributed by atoms with Gasteiger partial charge in [-0.15, -0.1) is 0 Å². The molecule has 0 saturated carbocycles. The Kier molecular flexibility index (Phi) is 18.5. The van der Waals surface area contributed by atoms with E-state index >= 15 is 0 Å². The maximum atomic E-state index is 6.88. The molecule has 0 unspecified atom stereocenters. The minimum absolute atomic E-state index is 0.925. The maximum absolute atomic E-state index is 6.88. The molecule has 22 aromatic carbocycles. The number of benzene rings is 22. The van der Waals surface area contributed by atoms with E-state index in [1.807, 2.05) is 12.4 Å². The van der Waals surface area contributed by atoms with Crippen LogP contribution in [0.25, 0.3) is 251 Å². The molecule has 0 bridgehead atoms. The third-order valence-electron chi connectivity index (χ3n) is 25.0. The second-order valence-corrected chi connectivity index (χ2v) is 36.0. The van der Waals surface area contributed by atoms with Gasteiger partial charge in [0.15, 0.2) is 0 Å². The number of halogens is 4. The lowest BCUT2D eigenvalue weighted by molar-refractivity contribution is 0.673. The first-order chi connectivity index (χ1) is 62.1. The first-order valence-corrected chi connectivity index (χ1v) is 45.1. The Bertz CT molecular complexity index is 9160. The lowest BCUT2D eigenvalue weighted by Crippen LogP contribution is -1.87. The van der Waals surface area contributed by atoms with Crippen LogP contribution in [0.2, 0.25) is 0 Å². The van der Waals surface area contributed by atoms with Gasteiger partial charge in [0.25, 0.3) is 0 Å². The normalized spacial score (nSPS) is 11.8. The summed E-state index contributed by atoms with van der Waals surface area (Å²) < 4.78 is 30.4. The minimum Gasteiger partial charge on any atom is -0.455 e. The molecule has 592 valence electrons. The number of fused-ring (bicyclic) bond motifs is 28. The van der Waals surface area contributed by atoms with E-state index in [4.69, 9.17) is 17.7 Å². The van der Waals surface area contributed by atoms with E-state index in [1.54, 1.807) is 0 Å². The van der Waals surface area contributed by atoms with Gasteiger partial charge in [0.2, 0.25) is 0 Å². The Morgan fingerprint density at radius 1 is 0.167 bits per heavy atom. The van der Waals surface area contributed by atoms with Gasteiger partial charge in [0.05, 0.1) is 0 Å². The van der Waals surface area contributed by atoms with E-state index in [2.05, 4.69) is 463 Å². The van der Waals surface area contributed by atoms with E-state index < -0.39 is 0 Å². The van der Waals surface area contributed by atoms with Gasteiger partial charge in [0.1, 0.15) is 44.7 Å². The molecule has 0 N–H and O–H groups in total. The molecule has 126 heavy (non-hydrogen) atoms. The largest absolute Gasteiger partial charge is 0.455 e. The van der Waals surface area contributed by atoms with E-state index in [0.717, 1.165) is 143 Å². The molecule has 0 spiro atoms. The summed E-state index contributed by atoms with van der Waals surface area (Å²) in [5.74, 6) is 0. The standard InChI is InChI=1S/C39H22BrNO.3C26H15BrO/c40-28-13-9-23(10-14-28)24-11-15-31-27(19-24)12-16-33-37-35(21-26-6-2-4-8-30(26)39(37)42-38(31)33)34-20-25-5-1-3-7-29(25)36-22-41-18-17-32(34)36;27-19-9-5-8-18(12-19)22-15-24-23-13-16-6-1-2-7-17(16)14-25(23)28-26(24)21-11-4-3-10-20(21)22;27-20-11-9-16(10-12-20)22-14-19-7-3-4-8-21(19)26-25(22)23-13-17-5-1-2-6-18(17)15-24(23)28-26;27-19-11-9-16(10-12-19)22-15-24-23-13-17-5-1-2-6-18(17)14-25(23)28-26(24)21-8-4-3-7-20(21)22/h1-22H;3*1-15H. The van der Waals surface area contributed by atoms with Crippen LogP contribution in [0, 0.1) is 0 Å². The number of aromatic nitrogens is 1. The van der Waals surface area contributed by atoms with Crippen molar-refractivity contribution in [1.29, 1.82) is 0 Å². The molecule has 27 aromatic rings. The van der Waals surface area contributed by atoms with Crippen molar-refractivity contribution in [2.75, 3.05) is 0 Å². The highest BCUT2D eigenvalue weighted by molar-refractivity contribution is 9.11. The summed E-state index contributed by atoms with van der Waals surface area (Å²) in [6.45, 7) is 0. The van der Waals surface area contributed by atoms with Crippen LogP contribution in [0.3, 0.4) is 0 Å². The number of rotatable bonds is 5. The Hall–Kier alpha value is -14.3. The Morgan fingerprint density at radius 2 is 0.540 bits per heavy atom. The third-order valence-corrected chi connectivity index (χ3v) is 27.1. The molecule has 0 aliphatic heterocycles. The van der Waals surface area contributed by atoms with E-state index in [0.29, 0.717) is 0 Å². The lowest BCUT2D eigenvalue weighted by atomic mass is 9.90. The molecule has 9 heteroatoms. The summed E-state index contributed by atoms with van der Waals surface area (Å²) in [5.41, 5.74) is 19.5. The van der Waals surface area contributed by atoms with Crippen LogP contribution in [-0.2, 0) is 0 Å². The summed E-state index contributed by atoms with van der Waals surface area (Å²) >= 11 is 14.3. The highest BCUT2D eigenvalue weighted by Gasteiger charge is 2.24. The fraction of sp³-hybridized carbons (Fsp3) is 0. The van der Waals surface area contributed by atoms with Crippen molar-refractivity contribution < 1.29 is 17.7 Å². The quantitative estimate of drug-likeness (QED) is 0.161. The van der Waals surface area contributed by atoms with Crippen LogP contribution in [0.1, 0.15) is 0 Å². The zero-order valence-electron chi connectivity index (χ0n) is 67.3. The molecular formula is C117H67Br4NO4. The SMILES string of the molecule is Brc1ccc(-c2cc3c4cc5ccccc5cc4oc3c3ccccc23)cc1.Brc1ccc(-c2cc3ccccc3c3oc4cc5ccccc5cc4c23)cc1.Brc1ccc(-c2ccc3c(ccc4c3oc3c5ccccc5cc(-c5cc6ccccc6c6cnccc56)c43)c2)cc1.Brc1cccc(-c2cc3c4cc5ccccc5cc4oc3c3ccccc23)c1. The maximum Gasteiger partial charge on any atom is 0.143 e. The van der Waals surface area contributed by atoms with Crippen LogP contribution >= 0.6 is 63.7 Å². The minimum atomic E-state index is 0.925. The Balaban J connectivity index is 0.0000000957. The van der Waals surface area contributed by atoms with Crippen LogP contribution in [0.5, 0.6) is 0 Å². The first-order valence-electron chi connectivity index (χ1n) is 42.0. The van der Waals surface area contributed by atoms with Crippen molar-refractivity contribution in [3.8, 4) is 55.6 Å². The highest BCUT2D eigenvalue weighted by atomic mass is 79.9. The molecule has 0 saturated heterocycles. The summed E-state index contributed by atoms with van der Waals surface area (Å²) in [6.07, 6.45) is 3.88. The molecule has 0 aliphatic carbocycles. The molecule has 0 amide bonds. The number of furan rings is 4. The predicted octanol–water partition coefficient (Wildman–Crippen LogP) is 36.7. The number of nitrogens with zero attached hydrogens (tertiary/aromatic N) is 1. The summed E-state index contributed by atoms with van der Waals surface area (Å²) in [5, 5.41) is 33.0. The second-order valence-electron chi connectivity index (χ2n) is 32.4. The molecule has 0 atom stereocenters. The van der Waals surface area contributed by atoms with Crippen molar-refractivity contribution in [3.63, 3.8) is 0 Å². The molecule has 27 rings (SSSR count). The zero-order valence-corrected chi connectivity index (χ0v) is 73.6. The van der Waals surface area contributed by atoms with Gasteiger partial charge >= 0.3 is 0 Å². The van der Waals surface area contributed by atoms with Gasteiger partial charge in [-0.25, -0.2) is 0 Å². The molecule has 5 nitrogen and oxygen atoms in total. The monoisotopic (exact) mass is 1870 g/mol. The molecule has 0 fully saturated rings. The third kappa shape index (κ3) is 13.1. The van der Waals surface area contributed by atoms with E-state index in [9.17, 15) is 0 Å². The fourth-order valence-electron chi connectivity index (χ4n) is 19.1. The zero-order chi connectivity index (χ0) is 83.8. The molecule has 0 radical (unpaired) electrons. The van der Waals surface area contributed by atoms with Gasteiger partial charge in [-0.3, -0.25) is 4.98 Å². The highest BCUT2D eigenvalue weighted by Crippen LogP contribution is 2.50. The van der Waals surface area contributed by atoms with E-state index in [1.165, 1.54) is 126 Å². The lowest BCUT2D eigenvalue weighted by Gasteiger charge is -2.13. The number of hydrogen-bond acceptors (Lipinski definition) is 5. The van der Waals surface area contributed by atoms with Gasteiger partial charge in [-0.1, -0.05) is 319 Å². The van der Waals surface area contributed by atoms with E-state index in [-0.39, 0.29) is 0 Å². The number of hydrogen-bond donors (Lipinski definition) is 0. The van der Waals surface area contributed by atoms with Gasteiger partial charge in [0, 0.05) is 106 Å². The van der Waals surface area contributed by atoms with Crippen molar-refractivity contribution in [3.05, 3.63) is 425 Å². The molecule has 0 aliphatic rings. The topological polar surface area (TPSA) is 65.5 Å². The molecule has 5 aromatic heterocycles. The van der Waals surface area contributed by atoms with Gasteiger partial charge < -0.3 is 17.7 Å². The van der Waals surface area contributed by atoms with Crippen LogP contribution < -0.4 is 0 Å². The molecular weight excluding hydrogens is 1800 g/mol. The van der Waals surface area contributed by atoms with Crippen molar-refractivity contribution in [1.82, 2.24) is 4.98 Å². The fourth-order valence-corrected chi connectivity index (χ4v) is 20.3. The van der Waals surface area contributed by atoms with Gasteiger partial charge in [-0.05, 0) is 271 Å². The second kappa shape index (κ2) is 30.9. The predicted molar refractivity (Wildman–Crippen MR) is 546 cm³/mol. The first kappa shape index (κ1) is 75.5. The average Bonchev–Trinajstić information content (AvgIpc) is 1.54. The number of pyridine rings is 1. The van der Waals surface area contributed by atoms with Crippen LogP contribution in [-0.4, -0.2) is 4.98 Å².